The Balaban J connectivity index is 2.32. The zero-order valence-electron chi connectivity index (χ0n) is 23.5. The third-order valence-corrected chi connectivity index (χ3v) is 17.4. The Hall–Kier alpha value is -0.996. The summed E-state index contributed by atoms with van der Waals surface area (Å²) in [5, 5.41) is 0.267. The molecule has 7 heteroatoms. The van der Waals surface area contributed by atoms with Gasteiger partial charge in [-0.3, -0.25) is 9.69 Å². The van der Waals surface area contributed by atoms with Crippen molar-refractivity contribution in [3.05, 3.63) is 35.9 Å². The Labute approximate surface area is 210 Å². The second-order valence-electron chi connectivity index (χ2n) is 12.9. The summed E-state index contributed by atoms with van der Waals surface area (Å²) < 4.78 is 18.6. The Kier molecular flexibility index (Phi) is 9.42. The van der Waals surface area contributed by atoms with Crippen LogP contribution in [0.3, 0.4) is 0 Å². The van der Waals surface area contributed by atoms with Crippen LogP contribution in [0.1, 0.15) is 53.5 Å². The summed E-state index contributed by atoms with van der Waals surface area (Å²) in [4.78, 5) is 15.4. The molecule has 0 bridgehead atoms. The average Bonchev–Trinajstić information content (AvgIpc) is 3.06. The molecule has 0 aliphatic carbocycles. The van der Waals surface area contributed by atoms with Crippen molar-refractivity contribution in [2.75, 3.05) is 20.3 Å². The van der Waals surface area contributed by atoms with Crippen molar-refractivity contribution >= 4 is 22.6 Å². The van der Waals surface area contributed by atoms with E-state index in [1.165, 1.54) is 12.7 Å². The van der Waals surface area contributed by atoms with E-state index in [2.05, 4.69) is 96.9 Å². The molecule has 0 saturated carbocycles. The number of nitrogens with zero attached hydrogens (tertiary/aromatic N) is 1. The molecule has 1 heterocycles. The lowest BCUT2D eigenvalue weighted by atomic mass is 10.0. The van der Waals surface area contributed by atoms with E-state index in [4.69, 9.17) is 13.6 Å². The Morgan fingerprint density at radius 3 is 1.88 bits per heavy atom. The van der Waals surface area contributed by atoms with Crippen LogP contribution >= 0.6 is 0 Å². The quantitative estimate of drug-likeness (QED) is 0.283. The highest BCUT2D eigenvalue weighted by Gasteiger charge is 2.48. The van der Waals surface area contributed by atoms with Gasteiger partial charge in [-0.2, -0.15) is 0 Å². The molecule has 0 amide bonds. The number of hydrogen-bond donors (Lipinski definition) is 0. The molecule has 3 atom stereocenters. The lowest BCUT2D eigenvalue weighted by molar-refractivity contribution is -0.148. The first kappa shape index (κ1) is 29.2. The molecule has 0 aromatic heterocycles. The van der Waals surface area contributed by atoms with E-state index in [9.17, 15) is 4.79 Å². The highest BCUT2D eigenvalue weighted by molar-refractivity contribution is 6.74. The van der Waals surface area contributed by atoms with Crippen molar-refractivity contribution in [2.45, 2.75) is 103 Å². The lowest BCUT2D eigenvalue weighted by Gasteiger charge is -2.38. The van der Waals surface area contributed by atoms with Crippen LogP contribution in [0.15, 0.2) is 30.3 Å². The van der Waals surface area contributed by atoms with Gasteiger partial charge < -0.3 is 13.6 Å². The number of hydrogen-bond acceptors (Lipinski definition) is 5. The van der Waals surface area contributed by atoms with Crippen LogP contribution in [0.4, 0.5) is 0 Å². The van der Waals surface area contributed by atoms with Gasteiger partial charge in [0.25, 0.3) is 0 Å². The van der Waals surface area contributed by atoms with Gasteiger partial charge in [-0.1, -0.05) is 71.9 Å². The molecule has 0 spiro atoms. The summed E-state index contributed by atoms with van der Waals surface area (Å²) >= 11 is 0. The molecular weight excluding hydrogens is 458 g/mol. The van der Waals surface area contributed by atoms with E-state index in [-0.39, 0.29) is 34.0 Å². The highest BCUT2D eigenvalue weighted by Crippen LogP contribution is 2.41. The number of carbonyl (C=O) groups is 1. The molecular formula is C27H49NO4Si2. The normalized spacial score (nSPS) is 22.7. The van der Waals surface area contributed by atoms with Crippen molar-refractivity contribution in [1.82, 2.24) is 4.90 Å². The van der Waals surface area contributed by atoms with E-state index in [1.54, 1.807) is 0 Å². The van der Waals surface area contributed by atoms with Crippen LogP contribution in [0, 0.1) is 5.92 Å². The molecule has 34 heavy (non-hydrogen) atoms. The highest BCUT2D eigenvalue weighted by atomic mass is 28.4. The zero-order valence-corrected chi connectivity index (χ0v) is 25.5. The molecule has 0 radical (unpaired) electrons. The minimum Gasteiger partial charge on any atom is -0.468 e. The van der Waals surface area contributed by atoms with Gasteiger partial charge in [0.05, 0.1) is 7.11 Å². The van der Waals surface area contributed by atoms with Gasteiger partial charge >= 0.3 is 5.97 Å². The molecule has 1 aliphatic rings. The monoisotopic (exact) mass is 507 g/mol. The summed E-state index contributed by atoms with van der Waals surface area (Å²) in [6, 6.07) is 10.2. The maximum absolute atomic E-state index is 13.1. The van der Waals surface area contributed by atoms with Gasteiger partial charge in [-0.15, -0.1) is 0 Å². The number of benzene rings is 1. The van der Waals surface area contributed by atoms with Crippen LogP contribution in [0.5, 0.6) is 0 Å². The Morgan fingerprint density at radius 1 is 0.912 bits per heavy atom. The van der Waals surface area contributed by atoms with E-state index in [0.717, 1.165) is 6.42 Å². The van der Waals surface area contributed by atoms with Gasteiger partial charge in [0.2, 0.25) is 0 Å². The number of methoxy groups -OCH3 is 1. The average molecular weight is 508 g/mol. The fourth-order valence-corrected chi connectivity index (χ4v) is 6.06. The van der Waals surface area contributed by atoms with Crippen molar-refractivity contribution in [3.63, 3.8) is 0 Å². The standard InChI is InChI=1S/C27H49NO4Si2/c1-26(2,3)33(8,9)31-19-22-17-23(20-32-34(10,11)27(4,5)6)28(24(22)25(29)30-7)18-21-15-13-12-14-16-21/h12-16,22-24H,17-20H2,1-11H3/t22-,23+,24+/m1/s1. The molecule has 1 aromatic carbocycles. The molecule has 0 unspecified atom stereocenters. The van der Waals surface area contributed by atoms with Crippen molar-refractivity contribution in [3.8, 4) is 0 Å². The molecule has 1 saturated heterocycles. The van der Waals surface area contributed by atoms with Crippen LogP contribution in [-0.2, 0) is 24.9 Å². The minimum atomic E-state index is -1.93. The SMILES string of the molecule is COC(=O)[C@@H]1[C@@H](CO[Si](C)(C)C(C)(C)C)C[C@@H](CO[Si](C)(C)C(C)(C)C)N1Cc1ccccc1. The fraction of sp³-hybridized carbons (Fsp3) is 0.741. The topological polar surface area (TPSA) is 48.0 Å². The summed E-state index contributed by atoms with van der Waals surface area (Å²) in [5.41, 5.74) is 1.19. The number of rotatable bonds is 9. The van der Waals surface area contributed by atoms with Crippen LogP contribution in [0.25, 0.3) is 0 Å². The second-order valence-corrected chi connectivity index (χ2v) is 22.5. The maximum atomic E-state index is 13.1. The summed E-state index contributed by atoms with van der Waals surface area (Å²) in [5.74, 6) is -0.0899. The molecule has 194 valence electrons. The maximum Gasteiger partial charge on any atom is 0.323 e. The first-order valence-corrected chi connectivity index (χ1v) is 18.5. The van der Waals surface area contributed by atoms with E-state index >= 15 is 0 Å². The van der Waals surface area contributed by atoms with Gasteiger partial charge in [-0.05, 0) is 48.2 Å². The van der Waals surface area contributed by atoms with Gasteiger partial charge in [0.1, 0.15) is 6.04 Å². The lowest BCUT2D eigenvalue weighted by Crippen LogP contribution is -2.48. The minimum absolute atomic E-state index is 0.0818. The van der Waals surface area contributed by atoms with Gasteiger partial charge in [0.15, 0.2) is 16.6 Å². The molecule has 1 aliphatic heterocycles. The number of ether oxygens (including phenoxy) is 1. The largest absolute Gasteiger partial charge is 0.468 e. The number of likely N-dealkylation sites (tertiary alicyclic amines) is 1. The predicted molar refractivity (Wildman–Crippen MR) is 146 cm³/mol. The van der Waals surface area contributed by atoms with E-state index < -0.39 is 16.6 Å². The number of carbonyl (C=O) groups excluding carboxylic acids is 1. The zero-order chi connectivity index (χ0) is 25.9. The third kappa shape index (κ3) is 7.03. The summed E-state index contributed by atoms with van der Waals surface area (Å²) in [6.07, 6.45) is 0.871. The molecule has 2 rings (SSSR count). The van der Waals surface area contributed by atoms with E-state index in [0.29, 0.717) is 19.8 Å². The Morgan fingerprint density at radius 2 is 1.41 bits per heavy atom. The van der Waals surface area contributed by atoms with Crippen molar-refractivity contribution < 1.29 is 18.4 Å². The van der Waals surface area contributed by atoms with Crippen LogP contribution in [-0.4, -0.2) is 59.9 Å². The second kappa shape index (κ2) is 11.0. The molecule has 1 aromatic rings. The van der Waals surface area contributed by atoms with Crippen molar-refractivity contribution in [1.29, 1.82) is 0 Å². The van der Waals surface area contributed by atoms with E-state index in [1.807, 2.05) is 6.07 Å². The van der Waals surface area contributed by atoms with Gasteiger partial charge in [0, 0.05) is 31.7 Å². The van der Waals surface area contributed by atoms with Crippen molar-refractivity contribution in [2.24, 2.45) is 5.92 Å². The summed E-state index contributed by atoms with van der Waals surface area (Å²) in [6.45, 7) is 24.6. The Bertz CT molecular complexity index is 799. The molecule has 5 nitrogen and oxygen atoms in total. The predicted octanol–water partition coefficient (Wildman–Crippen LogP) is 6.46. The van der Waals surface area contributed by atoms with Crippen LogP contribution < -0.4 is 0 Å². The molecule has 1 fully saturated rings. The summed E-state index contributed by atoms with van der Waals surface area (Å²) in [7, 11) is -2.35. The smallest absolute Gasteiger partial charge is 0.323 e. The van der Waals surface area contributed by atoms with Gasteiger partial charge in [-0.25, -0.2) is 0 Å². The fourth-order valence-electron chi connectivity index (χ4n) is 3.96. The van der Waals surface area contributed by atoms with Crippen LogP contribution in [0.2, 0.25) is 36.3 Å². The first-order valence-electron chi connectivity index (χ1n) is 12.7. The first-order chi connectivity index (χ1) is 15.5. The number of esters is 1. The molecule has 0 N–H and O–H groups in total. The third-order valence-electron chi connectivity index (χ3n) is 8.41.